The van der Waals surface area contributed by atoms with Gasteiger partial charge in [0.2, 0.25) is 0 Å². The number of nitrogens with zero attached hydrogens (tertiary/aromatic N) is 2. The van der Waals surface area contributed by atoms with E-state index in [0.29, 0.717) is 0 Å². The van der Waals surface area contributed by atoms with Gasteiger partial charge in [0.25, 0.3) is 5.91 Å². The molecule has 1 aliphatic rings. The van der Waals surface area contributed by atoms with E-state index in [1.54, 1.807) is 0 Å². The third kappa shape index (κ3) is 3.24. The maximum atomic E-state index is 12.0. The highest BCUT2D eigenvalue weighted by atomic mass is 16.6. The van der Waals surface area contributed by atoms with E-state index in [1.807, 2.05) is 7.05 Å². The van der Waals surface area contributed by atoms with E-state index in [-0.39, 0.29) is 17.5 Å². The summed E-state index contributed by atoms with van der Waals surface area (Å²) in [5.74, 6) is -0.809. The van der Waals surface area contributed by atoms with Gasteiger partial charge in [-0.1, -0.05) is 0 Å². The number of hydrogen-bond acceptors (Lipinski definition) is 5. The molecule has 0 aliphatic carbocycles. The third-order valence-corrected chi connectivity index (χ3v) is 3.49. The van der Waals surface area contributed by atoms with Crippen LogP contribution in [0, 0.1) is 10.1 Å². The topological polar surface area (TPSA) is 95.7 Å². The lowest BCUT2D eigenvalue weighted by Crippen LogP contribution is -2.43. The molecule has 1 aromatic rings. The molecule has 1 amide bonds. The molecule has 0 saturated carbocycles. The minimum atomic E-state index is -0.687. The van der Waals surface area contributed by atoms with Gasteiger partial charge in [0, 0.05) is 17.7 Å². The number of aromatic hydroxyl groups is 1. The average molecular weight is 279 g/mol. The van der Waals surface area contributed by atoms with Crippen LogP contribution in [0.15, 0.2) is 18.2 Å². The number of piperidine rings is 1. The highest BCUT2D eigenvalue weighted by Gasteiger charge is 2.21. The van der Waals surface area contributed by atoms with Crippen LogP contribution >= 0.6 is 0 Å². The summed E-state index contributed by atoms with van der Waals surface area (Å²) in [5, 5.41) is 23.0. The Morgan fingerprint density at radius 1 is 1.45 bits per heavy atom. The number of nitro benzene ring substituents is 1. The number of benzene rings is 1. The monoisotopic (exact) mass is 279 g/mol. The van der Waals surface area contributed by atoms with Crippen molar-refractivity contribution in [3.05, 3.63) is 33.9 Å². The molecule has 1 saturated heterocycles. The first-order valence-corrected chi connectivity index (χ1v) is 6.44. The summed E-state index contributed by atoms with van der Waals surface area (Å²) in [6.45, 7) is 1.85. The largest absolute Gasteiger partial charge is 0.502 e. The molecule has 0 bridgehead atoms. The summed E-state index contributed by atoms with van der Waals surface area (Å²) in [4.78, 5) is 24.1. The molecule has 0 unspecified atom stereocenters. The fourth-order valence-corrected chi connectivity index (χ4v) is 2.24. The van der Waals surface area contributed by atoms with E-state index >= 15 is 0 Å². The Morgan fingerprint density at radius 3 is 2.65 bits per heavy atom. The Kier molecular flexibility index (Phi) is 4.19. The van der Waals surface area contributed by atoms with Crippen LogP contribution in [0.3, 0.4) is 0 Å². The second-order valence-electron chi connectivity index (χ2n) is 5.01. The van der Waals surface area contributed by atoms with Crippen LogP contribution in [0.4, 0.5) is 5.69 Å². The molecular weight excluding hydrogens is 262 g/mol. The number of hydrogen-bond donors (Lipinski definition) is 2. The Balaban J connectivity index is 2.02. The standard InChI is InChI=1S/C13H17N3O4/c1-15-6-4-10(5-7-15)14-13(18)9-2-3-11(16(19)20)12(17)8-9/h2-3,8,10,17H,4-7H2,1H3,(H,14,18). The van der Waals surface area contributed by atoms with Gasteiger partial charge >= 0.3 is 5.69 Å². The maximum absolute atomic E-state index is 12.0. The lowest BCUT2D eigenvalue weighted by atomic mass is 10.0. The predicted molar refractivity (Wildman–Crippen MR) is 72.7 cm³/mol. The van der Waals surface area contributed by atoms with Gasteiger partial charge in [0.15, 0.2) is 5.75 Å². The fourth-order valence-electron chi connectivity index (χ4n) is 2.24. The summed E-state index contributed by atoms with van der Waals surface area (Å²) >= 11 is 0. The molecule has 0 radical (unpaired) electrons. The molecule has 1 heterocycles. The summed E-state index contributed by atoms with van der Waals surface area (Å²) in [6.07, 6.45) is 1.75. The number of phenols is 1. The van der Waals surface area contributed by atoms with Crippen molar-refractivity contribution in [3.8, 4) is 5.75 Å². The Bertz CT molecular complexity index is 524. The number of likely N-dealkylation sites (tertiary alicyclic amines) is 1. The third-order valence-electron chi connectivity index (χ3n) is 3.49. The number of nitrogens with one attached hydrogen (secondary N) is 1. The van der Waals surface area contributed by atoms with E-state index in [1.165, 1.54) is 6.07 Å². The molecule has 0 atom stereocenters. The second kappa shape index (κ2) is 5.87. The van der Waals surface area contributed by atoms with Crippen molar-refractivity contribution in [1.82, 2.24) is 10.2 Å². The molecule has 7 nitrogen and oxygen atoms in total. The number of carbonyl (C=O) groups excluding carboxylic acids is 1. The van der Waals surface area contributed by atoms with E-state index in [2.05, 4.69) is 10.2 Å². The minimum Gasteiger partial charge on any atom is -0.502 e. The molecule has 7 heteroatoms. The first-order chi connectivity index (χ1) is 9.47. The normalized spacial score (nSPS) is 16.9. The van der Waals surface area contributed by atoms with Crippen LogP contribution in [-0.4, -0.2) is 47.0 Å². The van der Waals surface area contributed by atoms with Crippen LogP contribution < -0.4 is 5.32 Å². The zero-order valence-electron chi connectivity index (χ0n) is 11.2. The number of phenolic OH excluding ortho intramolecular Hbond substituents is 1. The first kappa shape index (κ1) is 14.3. The van der Waals surface area contributed by atoms with E-state index in [9.17, 15) is 20.0 Å². The quantitative estimate of drug-likeness (QED) is 0.638. The summed E-state index contributed by atoms with van der Waals surface area (Å²) < 4.78 is 0. The van der Waals surface area contributed by atoms with E-state index in [4.69, 9.17) is 0 Å². The SMILES string of the molecule is CN1CCC(NC(=O)c2ccc([N+](=O)[O-])c(O)c2)CC1. The highest BCUT2D eigenvalue weighted by Crippen LogP contribution is 2.26. The van der Waals surface area contributed by atoms with Crippen LogP contribution in [0.1, 0.15) is 23.2 Å². The molecule has 0 aromatic heterocycles. The molecule has 108 valence electrons. The Hall–Kier alpha value is -2.15. The Labute approximate surface area is 116 Å². The zero-order chi connectivity index (χ0) is 14.7. The number of nitro groups is 1. The number of carbonyl (C=O) groups is 1. The number of amides is 1. The van der Waals surface area contributed by atoms with Gasteiger partial charge in [-0.25, -0.2) is 0 Å². The molecule has 1 aliphatic heterocycles. The van der Waals surface area contributed by atoms with Crippen molar-refractivity contribution < 1.29 is 14.8 Å². The number of rotatable bonds is 3. The van der Waals surface area contributed by atoms with Crippen LogP contribution in [0.2, 0.25) is 0 Å². The molecule has 2 N–H and O–H groups in total. The molecule has 20 heavy (non-hydrogen) atoms. The van der Waals surface area contributed by atoms with Gasteiger partial charge < -0.3 is 15.3 Å². The van der Waals surface area contributed by atoms with Gasteiger partial charge in [0.05, 0.1) is 4.92 Å². The molecule has 1 aromatic carbocycles. The van der Waals surface area contributed by atoms with Crippen molar-refractivity contribution in [2.45, 2.75) is 18.9 Å². The molecule has 0 spiro atoms. The molecular formula is C13H17N3O4. The average Bonchev–Trinajstić information content (AvgIpc) is 2.40. The van der Waals surface area contributed by atoms with Gasteiger partial charge in [-0.15, -0.1) is 0 Å². The Morgan fingerprint density at radius 2 is 2.10 bits per heavy atom. The van der Waals surface area contributed by atoms with Gasteiger partial charge in [-0.05, 0) is 45.1 Å². The van der Waals surface area contributed by atoms with Crippen LogP contribution in [0.5, 0.6) is 5.75 Å². The highest BCUT2D eigenvalue weighted by molar-refractivity contribution is 5.95. The van der Waals surface area contributed by atoms with E-state index in [0.717, 1.165) is 38.1 Å². The van der Waals surface area contributed by atoms with Crippen molar-refractivity contribution in [1.29, 1.82) is 0 Å². The fraction of sp³-hybridized carbons (Fsp3) is 0.462. The molecule has 1 fully saturated rings. The first-order valence-electron chi connectivity index (χ1n) is 6.44. The maximum Gasteiger partial charge on any atom is 0.310 e. The summed E-state index contributed by atoms with van der Waals surface area (Å²) in [7, 11) is 2.03. The van der Waals surface area contributed by atoms with Gasteiger partial charge in [-0.2, -0.15) is 0 Å². The second-order valence-corrected chi connectivity index (χ2v) is 5.01. The minimum absolute atomic E-state index is 0.107. The van der Waals surface area contributed by atoms with Crippen LogP contribution in [-0.2, 0) is 0 Å². The lowest BCUT2D eigenvalue weighted by molar-refractivity contribution is -0.385. The summed E-state index contributed by atoms with van der Waals surface area (Å²) in [6, 6.07) is 3.72. The van der Waals surface area contributed by atoms with Crippen molar-refractivity contribution >= 4 is 11.6 Å². The lowest BCUT2D eigenvalue weighted by Gasteiger charge is -2.29. The van der Waals surface area contributed by atoms with Gasteiger partial charge in [0.1, 0.15) is 0 Å². The van der Waals surface area contributed by atoms with Crippen molar-refractivity contribution in [2.24, 2.45) is 0 Å². The predicted octanol–water partition coefficient (Wildman–Crippen LogP) is 1.12. The van der Waals surface area contributed by atoms with Crippen LogP contribution in [0.25, 0.3) is 0 Å². The smallest absolute Gasteiger partial charge is 0.310 e. The summed E-state index contributed by atoms with van der Waals surface area (Å²) in [5.41, 5.74) is -0.173. The zero-order valence-corrected chi connectivity index (χ0v) is 11.2. The molecule has 2 rings (SSSR count). The van der Waals surface area contributed by atoms with Gasteiger partial charge in [-0.3, -0.25) is 14.9 Å². The van der Waals surface area contributed by atoms with Crippen molar-refractivity contribution in [3.63, 3.8) is 0 Å². The van der Waals surface area contributed by atoms with E-state index < -0.39 is 16.4 Å². The van der Waals surface area contributed by atoms with Crippen molar-refractivity contribution in [2.75, 3.05) is 20.1 Å².